The Kier molecular flexibility index (Phi) is 4.57. The number of H-pyrrole nitrogens is 1. The molecule has 0 unspecified atom stereocenters. The molecule has 1 aromatic carbocycles. The molecule has 0 aliphatic heterocycles. The number of anilines is 1. The summed E-state index contributed by atoms with van der Waals surface area (Å²) in [6.07, 6.45) is -1.28. The van der Waals surface area contributed by atoms with Crippen LogP contribution in [0.1, 0.15) is 28.8 Å². The van der Waals surface area contributed by atoms with Crippen LogP contribution in [0, 0.1) is 6.92 Å². The number of amides is 1. The Labute approximate surface area is 180 Å². The van der Waals surface area contributed by atoms with Crippen LogP contribution < -0.4 is 10.6 Å². The second-order valence-electron chi connectivity index (χ2n) is 7.93. The van der Waals surface area contributed by atoms with Crippen LogP contribution in [0.3, 0.4) is 0 Å². The van der Waals surface area contributed by atoms with Gasteiger partial charge in [-0.25, -0.2) is 14.6 Å². The minimum atomic E-state index is -4.46. The van der Waals surface area contributed by atoms with Crippen molar-refractivity contribution in [3.63, 3.8) is 0 Å². The molecular weight excluding hydrogens is 423 g/mol. The first kappa shape index (κ1) is 20.3. The van der Waals surface area contributed by atoms with E-state index in [1.54, 1.807) is 19.2 Å². The number of carbonyl (C=O) groups is 1. The largest absolute Gasteiger partial charge is 0.408 e. The van der Waals surface area contributed by atoms with Gasteiger partial charge in [-0.05, 0) is 37.5 Å². The number of halogens is 3. The van der Waals surface area contributed by atoms with E-state index in [2.05, 4.69) is 30.7 Å². The number of aromatic amines is 1. The molecule has 1 saturated carbocycles. The van der Waals surface area contributed by atoms with Gasteiger partial charge in [-0.15, -0.1) is 0 Å². The van der Waals surface area contributed by atoms with Gasteiger partial charge in [0, 0.05) is 29.6 Å². The summed E-state index contributed by atoms with van der Waals surface area (Å²) in [5.74, 6) is 0.231. The van der Waals surface area contributed by atoms with E-state index in [1.165, 1.54) is 6.33 Å². The van der Waals surface area contributed by atoms with Gasteiger partial charge in [0.05, 0.1) is 11.1 Å². The Morgan fingerprint density at radius 3 is 2.75 bits per heavy atom. The van der Waals surface area contributed by atoms with Gasteiger partial charge in [0.25, 0.3) is 5.91 Å². The minimum Gasteiger partial charge on any atom is -0.372 e. The Morgan fingerprint density at radius 2 is 2.06 bits per heavy atom. The van der Waals surface area contributed by atoms with Crippen LogP contribution in [0.5, 0.6) is 0 Å². The Balaban J connectivity index is 1.66. The summed E-state index contributed by atoms with van der Waals surface area (Å²) in [7, 11) is 1.63. The molecule has 11 heteroatoms. The Hall–Kier alpha value is -3.63. The fourth-order valence-corrected chi connectivity index (χ4v) is 3.86. The quantitative estimate of drug-likeness (QED) is 0.436. The van der Waals surface area contributed by atoms with Crippen LogP contribution in [0.15, 0.2) is 24.5 Å². The number of fused-ring (bicyclic) bond motifs is 2. The summed E-state index contributed by atoms with van der Waals surface area (Å²) < 4.78 is 40.3. The van der Waals surface area contributed by atoms with E-state index in [1.807, 2.05) is 13.0 Å². The molecule has 3 N–H and O–H groups in total. The Morgan fingerprint density at radius 1 is 1.28 bits per heavy atom. The number of alkyl halides is 3. The lowest BCUT2D eigenvalue weighted by Crippen LogP contribution is -2.25. The topological polar surface area (TPSA) is 101 Å². The molecule has 1 fully saturated rings. The van der Waals surface area contributed by atoms with Gasteiger partial charge in [0.15, 0.2) is 5.65 Å². The van der Waals surface area contributed by atoms with E-state index in [-0.39, 0.29) is 17.6 Å². The summed E-state index contributed by atoms with van der Waals surface area (Å²) in [5, 5.41) is 11.4. The fourth-order valence-electron chi connectivity index (χ4n) is 3.86. The molecule has 0 saturated heterocycles. The van der Waals surface area contributed by atoms with Gasteiger partial charge in [0.1, 0.15) is 24.4 Å². The second kappa shape index (κ2) is 7.21. The molecule has 0 bridgehead atoms. The zero-order chi connectivity index (χ0) is 22.6. The molecule has 32 heavy (non-hydrogen) atoms. The van der Waals surface area contributed by atoms with Crippen LogP contribution in [0.2, 0.25) is 0 Å². The van der Waals surface area contributed by atoms with Crippen molar-refractivity contribution in [3.05, 3.63) is 35.7 Å². The van der Waals surface area contributed by atoms with Crippen molar-refractivity contribution < 1.29 is 18.0 Å². The van der Waals surface area contributed by atoms with E-state index < -0.39 is 12.7 Å². The second-order valence-corrected chi connectivity index (χ2v) is 7.93. The lowest BCUT2D eigenvalue weighted by Gasteiger charge is -2.06. The predicted octanol–water partition coefficient (Wildman–Crippen LogP) is 3.78. The monoisotopic (exact) mass is 443 g/mol. The number of benzene rings is 1. The number of nitrogens with zero attached hydrogens (tertiary/aromatic N) is 4. The van der Waals surface area contributed by atoms with Gasteiger partial charge in [0.2, 0.25) is 0 Å². The van der Waals surface area contributed by atoms with Gasteiger partial charge in [-0.2, -0.15) is 18.3 Å². The molecule has 8 nitrogen and oxygen atoms in total. The van der Waals surface area contributed by atoms with E-state index in [4.69, 9.17) is 0 Å². The first-order chi connectivity index (χ1) is 15.2. The standard InChI is InChI=1S/C21H20F3N7O/c1-10-13-6-3-11(20(32)28-12-4-5-12)7-14(13)29-16(10)17-15-18(25-2)26-9-27-19(15)31(30-17)8-21(22,23)24/h3,6-7,9,12,29H,4-5,8H2,1-2H3,(H,28,32)(H,25,26,27). The average Bonchev–Trinajstić information content (AvgIpc) is 3.41. The highest BCUT2D eigenvalue weighted by molar-refractivity contribution is 6.04. The van der Waals surface area contributed by atoms with Crippen LogP contribution in [-0.2, 0) is 6.54 Å². The highest BCUT2D eigenvalue weighted by atomic mass is 19.4. The molecule has 1 aliphatic carbocycles. The summed E-state index contributed by atoms with van der Waals surface area (Å²) in [5.41, 5.74) is 2.97. The van der Waals surface area contributed by atoms with E-state index in [9.17, 15) is 18.0 Å². The van der Waals surface area contributed by atoms with E-state index >= 15 is 0 Å². The first-order valence-corrected chi connectivity index (χ1v) is 10.1. The van der Waals surface area contributed by atoms with Gasteiger partial charge in [-0.1, -0.05) is 6.07 Å². The third-order valence-electron chi connectivity index (χ3n) is 5.56. The van der Waals surface area contributed by atoms with Crippen molar-refractivity contribution in [3.8, 4) is 11.4 Å². The van der Waals surface area contributed by atoms with Crippen molar-refractivity contribution in [2.45, 2.75) is 38.5 Å². The van der Waals surface area contributed by atoms with Gasteiger partial charge in [-0.3, -0.25) is 4.79 Å². The number of aryl methyl sites for hydroxylation is 1. The van der Waals surface area contributed by atoms with Crippen LogP contribution in [-0.4, -0.2) is 49.9 Å². The zero-order valence-corrected chi connectivity index (χ0v) is 17.3. The average molecular weight is 443 g/mol. The van der Waals surface area contributed by atoms with Crippen molar-refractivity contribution in [2.75, 3.05) is 12.4 Å². The summed E-state index contributed by atoms with van der Waals surface area (Å²) in [6.45, 7) is 0.587. The highest BCUT2D eigenvalue weighted by Crippen LogP contribution is 2.36. The molecule has 3 heterocycles. The van der Waals surface area contributed by atoms with Gasteiger partial charge >= 0.3 is 6.18 Å². The molecule has 1 amide bonds. The number of nitrogens with one attached hydrogen (secondary N) is 3. The maximum atomic E-state index is 13.2. The Bertz CT molecular complexity index is 1350. The molecule has 0 atom stereocenters. The third kappa shape index (κ3) is 3.53. The predicted molar refractivity (Wildman–Crippen MR) is 113 cm³/mol. The molecule has 4 aromatic rings. The van der Waals surface area contributed by atoms with Crippen LogP contribution >= 0.6 is 0 Å². The van der Waals surface area contributed by atoms with Crippen molar-refractivity contribution in [1.82, 2.24) is 30.0 Å². The summed E-state index contributed by atoms with van der Waals surface area (Å²) in [4.78, 5) is 23.9. The van der Waals surface area contributed by atoms with Gasteiger partial charge < -0.3 is 15.6 Å². The van der Waals surface area contributed by atoms with Crippen LogP contribution in [0.4, 0.5) is 19.0 Å². The molecule has 0 spiro atoms. The molecule has 0 radical (unpaired) electrons. The highest BCUT2D eigenvalue weighted by Gasteiger charge is 2.32. The van der Waals surface area contributed by atoms with Crippen LogP contribution in [0.25, 0.3) is 33.3 Å². The smallest absolute Gasteiger partial charge is 0.372 e. The SMILES string of the molecule is CNc1ncnc2c1c(-c1[nH]c3cc(C(=O)NC4CC4)ccc3c1C)nn2CC(F)(F)F. The lowest BCUT2D eigenvalue weighted by atomic mass is 10.1. The molecular formula is C21H20F3N7O. The lowest BCUT2D eigenvalue weighted by molar-refractivity contribution is -0.141. The minimum absolute atomic E-state index is 0.0826. The van der Waals surface area contributed by atoms with Crippen molar-refractivity contribution in [1.29, 1.82) is 0 Å². The molecule has 1 aliphatic rings. The molecule has 166 valence electrons. The third-order valence-corrected chi connectivity index (χ3v) is 5.56. The van der Waals surface area contributed by atoms with Crippen molar-refractivity contribution >= 4 is 33.7 Å². The number of rotatable bonds is 5. The maximum absolute atomic E-state index is 13.2. The fraction of sp³-hybridized carbons (Fsp3) is 0.333. The number of aromatic nitrogens is 5. The van der Waals surface area contributed by atoms with E-state index in [0.717, 1.165) is 28.5 Å². The van der Waals surface area contributed by atoms with E-state index in [0.29, 0.717) is 33.7 Å². The normalized spacial score (nSPS) is 14.3. The number of hydrogen-bond acceptors (Lipinski definition) is 5. The maximum Gasteiger partial charge on any atom is 0.408 e. The molecule has 5 rings (SSSR count). The number of hydrogen-bond donors (Lipinski definition) is 3. The first-order valence-electron chi connectivity index (χ1n) is 10.1. The van der Waals surface area contributed by atoms with Crippen molar-refractivity contribution in [2.24, 2.45) is 0 Å². The summed E-state index contributed by atoms with van der Waals surface area (Å²) in [6, 6.07) is 5.56. The number of carbonyl (C=O) groups excluding carboxylic acids is 1. The molecule has 3 aromatic heterocycles. The summed E-state index contributed by atoms with van der Waals surface area (Å²) >= 11 is 0. The zero-order valence-electron chi connectivity index (χ0n) is 17.3.